The van der Waals surface area contributed by atoms with Gasteiger partial charge in [-0.05, 0) is 6.92 Å². The molecule has 0 saturated heterocycles. The average Bonchev–Trinajstić information content (AvgIpc) is 2.95. The Morgan fingerprint density at radius 2 is 2.30 bits per heavy atom. The molecule has 0 fully saturated rings. The lowest BCUT2D eigenvalue weighted by molar-refractivity contribution is -0.384. The molecule has 0 spiro atoms. The number of rotatable bonds is 5. The molecule has 0 aromatic carbocycles. The highest BCUT2D eigenvalue weighted by atomic mass is 35.5. The van der Waals surface area contributed by atoms with Gasteiger partial charge in [-0.15, -0.1) is 11.3 Å². The van der Waals surface area contributed by atoms with E-state index in [0.29, 0.717) is 17.9 Å². The van der Waals surface area contributed by atoms with Crippen LogP contribution < -0.4 is 4.72 Å². The van der Waals surface area contributed by atoms with E-state index in [9.17, 15) is 18.5 Å². The zero-order chi connectivity index (χ0) is 14.9. The highest BCUT2D eigenvalue weighted by Crippen LogP contribution is 2.36. The Hall–Kier alpha value is -1.65. The number of halogens is 1. The number of nitrogens with zero attached hydrogens (tertiary/aromatic N) is 3. The molecule has 1 N–H and O–H groups in total. The van der Waals surface area contributed by atoms with Crippen LogP contribution in [0.15, 0.2) is 22.7 Å². The number of anilines is 1. The number of thiophene rings is 1. The first-order valence-corrected chi connectivity index (χ1v) is 8.00. The summed E-state index contributed by atoms with van der Waals surface area (Å²) in [6, 6.07) is 0.930. The Bertz CT molecular complexity index is 752. The number of nitro groups is 1. The van der Waals surface area contributed by atoms with Crippen LogP contribution in [0.25, 0.3) is 0 Å². The van der Waals surface area contributed by atoms with Crippen molar-refractivity contribution >= 4 is 44.3 Å². The lowest BCUT2D eigenvalue weighted by Crippen LogP contribution is -2.10. The van der Waals surface area contributed by atoms with Gasteiger partial charge in [-0.1, -0.05) is 11.6 Å². The Morgan fingerprint density at radius 3 is 2.80 bits per heavy atom. The minimum absolute atomic E-state index is 0.181. The fraction of sp³-hybridized carbons (Fsp3) is 0.222. The van der Waals surface area contributed by atoms with Crippen LogP contribution in [0.5, 0.6) is 0 Å². The number of hydrogen-bond donors (Lipinski definition) is 1. The Balaban J connectivity index is 2.30. The Morgan fingerprint density at radius 1 is 1.60 bits per heavy atom. The van der Waals surface area contributed by atoms with Gasteiger partial charge in [-0.2, -0.15) is 5.10 Å². The fourth-order valence-electron chi connectivity index (χ4n) is 1.39. The van der Waals surface area contributed by atoms with Gasteiger partial charge < -0.3 is 0 Å². The van der Waals surface area contributed by atoms with Crippen molar-refractivity contribution in [1.82, 2.24) is 9.78 Å². The van der Waals surface area contributed by atoms with Gasteiger partial charge in [-0.25, -0.2) is 8.42 Å². The molecule has 0 aliphatic carbocycles. The van der Waals surface area contributed by atoms with Crippen LogP contribution in [0.1, 0.15) is 6.92 Å². The topological polar surface area (TPSA) is 107 Å². The van der Waals surface area contributed by atoms with Crippen molar-refractivity contribution < 1.29 is 13.3 Å². The second kappa shape index (κ2) is 5.38. The van der Waals surface area contributed by atoms with E-state index in [1.54, 1.807) is 4.68 Å². The Kier molecular flexibility index (Phi) is 3.97. The molecule has 0 unspecified atom stereocenters. The summed E-state index contributed by atoms with van der Waals surface area (Å²) in [5, 5.41) is 14.6. The van der Waals surface area contributed by atoms with E-state index < -0.39 is 20.6 Å². The molecule has 108 valence electrons. The van der Waals surface area contributed by atoms with E-state index in [4.69, 9.17) is 11.6 Å². The predicted molar refractivity (Wildman–Crippen MR) is 74.7 cm³/mol. The molecule has 2 aromatic rings. The van der Waals surface area contributed by atoms with E-state index in [-0.39, 0.29) is 14.2 Å². The molecule has 8 nitrogen and oxygen atoms in total. The van der Waals surface area contributed by atoms with Crippen LogP contribution in [-0.2, 0) is 16.6 Å². The van der Waals surface area contributed by atoms with Gasteiger partial charge in [0.1, 0.15) is 4.21 Å². The SMILES string of the molecule is CCn1cc(NS(=O)(=O)c2cc([N+](=O)[O-])c(Cl)s2)cn1. The van der Waals surface area contributed by atoms with Gasteiger partial charge >= 0.3 is 0 Å². The van der Waals surface area contributed by atoms with Crippen LogP contribution >= 0.6 is 22.9 Å². The third kappa shape index (κ3) is 2.92. The molecule has 2 aromatic heterocycles. The lowest BCUT2D eigenvalue weighted by Gasteiger charge is -2.01. The molecule has 0 amide bonds. The maximum atomic E-state index is 12.1. The van der Waals surface area contributed by atoms with Crippen molar-refractivity contribution in [3.8, 4) is 0 Å². The normalized spacial score (nSPS) is 11.5. The monoisotopic (exact) mass is 336 g/mol. The largest absolute Gasteiger partial charge is 0.300 e. The molecule has 0 bridgehead atoms. The highest BCUT2D eigenvalue weighted by molar-refractivity contribution is 7.94. The number of nitrogens with one attached hydrogen (secondary N) is 1. The quantitative estimate of drug-likeness (QED) is 0.666. The first kappa shape index (κ1) is 14.8. The summed E-state index contributed by atoms with van der Waals surface area (Å²) >= 11 is 6.27. The highest BCUT2D eigenvalue weighted by Gasteiger charge is 2.25. The molecule has 0 aliphatic heterocycles. The molecule has 0 radical (unpaired) electrons. The standard InChI is InChI=1S/C9H9ClN4O4S2/c1-2-13-5-6(4-11-13)12-20(17,18)8-3-7(14(15)16)9(10)19-8/h3-5,12H,2H2,1H3. The van der Waals surface area contributed by atoms with Crippen molar-refractivity contribution in [2.45, 2.75) is 17.7 Å². The van der Waals surface area contributed by atoms with Gasteiger partial charge in [0.2, 0.25) is 0 Å². The number of sulfonamides is 1. The molecule has 2 rings (SSSR count). The maximum Gasteiger partial charge on any atom is 0.300 e. The zero-order valence-electron chi connectivity index (χ0n) is 10.1. The van der Waals surface area contributed by atoms with E-state index in [1.807, 2.05) is 6.92 Å². The summed E-state index contributed by atoms with van der Waals surface area (Å²) in [4.78, 5) is 9.93. The van der Waals surface area contributed by atoms with Gasteiger partial charge in [0, 0.05) is 18.8 Å². The number of aromatic nitrogens is 2. The number of aryl methyl sites for hydroxylation is 1. The summed E-state index contributed by atoms with van der Waals surface area (Å²) < 4.78 is 27.6. The molecule has 0 saturated carbocycles. The van der Waals surface area contributed by atoms with Crippen LogP contribution in [0, 0.1) is 10.1 Å². The summed E-state index contributed by atoms with van der Waals surface area (Å²) in [5.41, 5.74) is -0.152. The molecule has 20 heavy (non-hydrogen) atoms. The third-order valence-corrected chi connectivity index (χ3v) is 5.51. The van der Waals surface area contributed by atoms with E-state index in [2.05, 4.69) is 9.82 Å². The molecule has 0 atom stereocenters. The van der Waals surface area contributed by atoms with Crippen molar-refractivity contribution in [1.29, 1.82) is 0 Å². The first-order chi connectivity index (χ1) is 9.33. The van der Waals surface area contributed by atoms with Crippen LogP contribution in [0.2, 0.25) is 4.34 Å². The van der Waals surface area contributed by atoms with E-state index >= 15 is 0 Å². The molecule has 0 aliphatic rings. The lowest BCUT2D eigenvalue weighted by atomic mass is 10.6. The molecule has 2 heterocycles. The van der Waals surface area contributed by atoms with Crippen molar-refractivity contribution in [3.05, 3.63) is 32.9 Å². The molecular formula is C9H9ClN4O4S2. The van der Waals surface area contributed by atoms with Crippen LogP contribution in [-0.4, -0.2) is 23.1 Å². The molecule has 11 heteroatoms. The fourth-order valence-corrected chi connectivity index (χ4v) is 4.08. The van der Waals surface area contributed by atoms with Gasteiger partial charge in [0.05, 0.1) is 16.8 Å². The second-order valence-electron chi connectivity index (χ2n) is 3.67. The van der Waals surface area contributed by atoms with Gasteiger partial charge in [0.15, 0.2) is 4.34 Å². The van der Waals surface area contributed by atoms with Gasteiger partial charge in [0.25, 0.3) is 15.7 Å². The summed E-state index contributed by atoms with van der Waals surface area (Å²) in [6.45, 7) is 2.45. The van der Waals surface area contributed by atoms with Gasteiger partial charge in [-0.3, -0.25) is 19.5 Å². The average molecular weight is 337 g/mol. The number of hydrogen-bond acceptors (Lipinski definition) is 6. The van der Waals surface area contributed by atoms with Crippen molar-refractivity contribution in [3.63, 3.8) is 0 Å². The van der Waals surface area contributed by atoms with Crippen molar-refractivity contribution in [2.24, 2.45) is 0 Å². The van der Waals surface area contributed by atoms with Crippen LogP contribution in [0.3, 0.4) is 0 Å². The van der Waals surface area contributed by atoms with Crippen molar-refractivity contribution in [2.75, 3.05) is 4.72 Å². The smallest absolute Gasteiger partial charge is 0.276 e. The van der Waals surface area contributed by atoms with E-state index in [0.717, 1.165) is 6.07 Å². The van der Waals surface area contributed by atoms with E-state index in [1.165, 1.54) is 12.4 Å². The molecular weight excluding hydrogens is 328 g/mol. The third-order valence-electron chi connectivity index (χ3n) is 2.32. The Labute approximate surface area is 123 Å². The maximum absolute atomic E-state index is 12.1. The predicted octanol–water partition coefficient (Wildman–Crippen LogP) is 2.33. The second-order valence-corrected chi connectivity index (χ2v) is 7.24. The first-order valence-electron chi connectivity index (χ1n) is 5.32. The van der Waals surface area contributed by atoms with Crippen LogP contribution in [0.4, 0.5) is 11.4 Å². The minimum atomic E-state index is -3.92. The summed E-state index contributed by atoms with van der Waals surface area (Å²) in [5.74, 6) is 0. The summed E-state index contributed by atoms with van der Waals surface area (Å²) in [6.07, 6.45) is 2.87. The zero-order valence-corrected chi connectivity index (χ0v) is 12.5. The summed E-state index contributed by atoms with van der Waals surface area (Å²) in [7, 11) is -3.92. The minimum Gasteiger partial charge on any atom is -0.276 e.